The van der Waals surface area contributed by atoms with Gasteiger partial charge in [-0.15, -0.1) is 0 Å². The van der Waals surface area contributed by atoms with Crippen LogP contribution >= 0.6 is 0 Å². The van der Waals surface area contributed by atoms with Gasteiger partial charge in [0.05, 0.1) is 0 Å². The molecule has 4 nitrogen and oxygen atoms in total. The number of hydrogen-bond donors (Lipinski definition) is 1. The molecule has 0 bridgehead atoms. The van der Waals surface area contributed by atoms with E-state index < -0.39 is 5.97 Å². The Hall–Kier alpha value is -1.84. The maximum atomic E-state index is 10.5. The van der Waals surface area contributed by atoms with Gasteiger partial charge in [0, 0.05) is 25.4 Å². The molecular weight excluding hydrogens is 264 g/mol. The highest BCUT2D eigenvalue weighted by Gasteiger charge is 2.19. The van der Waals surface area contributed by atoms with Crippen LogP contribution in [0.3, 0.4) is 0 Å². The highest BCUT2D eigenvalue weighted by atomic mass is 16.4. The van der Waals surface area contributed by atoms with E-state index in [0.717, 1.165) is 42.4 Å². The Kier molecular flexibility index (Phi) is 5.37. The molecule has 1 aromatic heterocycles. The number of aromatic nitrogens is 1. The van der Waals surface area contributed by atoms with E-state index in [4.69, 9.17) is 5.11 Å². The Labute approximate surface area is 126 Å². The van der Waals surface area contributed by atoms with Crippen LogP contribution in [0.2, 0.25) is 0 Å². The molecule has 1 aromatic rings. The van der Waals surface area contributed by atoms with E-state index in [0.29, 0.717) is 0 Å². The van der Waals surface area contributed by atoms with Crippen molar-refractivity contribution in [3.05, 3.63) is 30.0 Å². The van der Waals surface area contributed by atoms with Crippen molar-refractivity contribution in [3.63, 3.8) is 0 Å². The summed E-state index contributed by atoms with van der Waals surface area (Å²) in [6, 6.07) is 3.91. The molecule has 2 heterocycles. The van der Waals surface area contributed by atoms with Crippen LogP contribution in [-0.4, -0.2) is 29.1 Å². The minimum Gasteiger partial charge on any atom is -0.478 e. The van der Waals surface area contributed by atoms with Gasteiger partial charge in [0.15, 0.2) is 0 Å². The molecule has 0 amide bonds. The summed E-state index contributed by atoms with van der Waals surface area (Å²) in [5.41, 5.74) is 0.816. The summed E-state index contributed by atoms with van der Waals surface area (Å²) in [6.07, 6.45) is 8.17. The van der Waals surface area contributed by atoms with E-state index >= 15 is 0 Å². The monoisotopic (exact) mass is 288 g/mol. The van der Waals surface area contributed by atoms with Gasteiger partial charge in [0.25, 0.3) is 0 Å². The van der Waals surface area contributed by atoms with E-state index in [-0.39, 0.29) is 0 Å². The minimum atomic E-state index is -0.939. The molecule has 2 rings (SSSR count). The van der Waals surface area contributed by atoms with Gasteiger partial charge >= 0.3 is 5.97 Å². The van der Waals surface area contributed by atoms with Gasteiger partial charge in [-0.05, 0) is 54.9 Å². The summed E-state index contributed by atoms with van der Waals surface area (Å²) in [4.78, 5) is 17.3. The summed E-state index contributed by atoms with van der Waals surface area (Å²) in [5.74, 6) is 1.62. The predicted molar refractivity (Wildman–Crippen MR) is 85.3 cm³/mol. The molecule has 4 heteroatoms. The van der Waals surface area contributed by atoms with Gasteiger partial charge in [-0.1, -0.05) is 13.8 Å². The zero-order valence-corrected chi connectivity index (χ0v) is 12.8. The molecule has 1 N–H and O–H groups in total. The zero-order chi connectivity index (χ0) is 15.2. The number of carboxylic acid groups (broad SMARTS) is 1. The molecule has 1 aliphatic rings. The van der Waals surface area contributed by atoms with Crippen molar-refractivity contribution in [2.24, 2.45) is 11.8 Å². The third kappa shape index (κ3) is 4.59. The fraction of sp³-hybridized carbons (Fsp3) is 0.529. The molecule has 1 fully saturated rings. The number of carboxylic acids is 1. The van der Waals surface area contributed by atoms with Crippen LogP contribution < -0.4 is 4.90 Å². The summed E-state index contributed by atoms with van der Waals surface area (Å²) >= 11 is 0. The zero-order valence-electron chi connectivity index (χ0n) is 12.8. The third-order valence-electron chi connectivity index (χ3n) is 4.23. The van der Waals surface area contributed by atoms with E-state index in [2.05, 4.69) is 23.7 Å². The number of aliphatic carboxylic acids is 1. The molecule has 1 atom stereocenters. The van der Waals surface area contributed by atoms with E-state index in [1.807, 2.05) is 12.1 Å². The number of carbonyl (C=O) groups is 1. The van der Waals surface area contributed by atoms with Gasteiger partial charge in [0.2, 0.25) is 0 Å². The van der Waals surface area contributed by atoms with Crippen LogP contribution in [0.25, 0.3) is 6.08 Å². The maximum absolute atomic E-state index is 10.5. The van der Waals surface area contributed by atoms with Crippen LogP contribution in [0.5, 0.6) is 0 Å². The molecule has 0 saturated carbocycles. The van der Waals surface area contributed by atoms with Crippen LogP contribution in [0.1, 0.15) is 38.7 Å². The third-order valence-corrected chi connectivity index (χ3v) is 4.23. The lowest BCUT2D eigenvalue weighted by Gasteiger charge is -2.22. The molecule has 1 unspecified atom stereocenters. The Bertz CT molecular complexity index is 494. The normalized spacial score (nSPS) is 20.0. The first kappa shape index (κ1) is 15.5. The summed E-state index contributed by atoms with van der Waals surface area (Å²) in [5, 5.41) is 8.62. The lowest BCUT2D eigenvalue weighted by molar-refractivity contribution is -0.131. The van der Waals surface area contributed by atoms with Crippen molar-refractivity contribution in [2.45, 2.75) is 33.1 Å². The number of nitrogens with zero attached hydrogens (tertiary/aromatic N) is 2. The Balaban J connectivity index is 2.00. The van der Waals surface area contributed by atoms with Crippen molar-refractivity contribution in [2.75, 3.05) is 18.0 Å². The SMILES string of the molecule is CC(C)C1CCCN(c2ccc(/C=C/C(=O)O)cn2)CC1. The van der Waals surface area contributed by atoms with Crippen molar-refractivity contribution in [1.29, 1.82) is 0 Å². The lowest BCUT2D eigenvalue weighted by atomic mass is 9.89. The quantitative estimate of drug-likeness (QED) is 0.862. The highest BCUT2D eigenvalue weighted by molar-refractivity contribution is 5.85. The maximum Gasteiger partial charge on any atom is 0.328 e. The molecule has 114 valence electrons. The molecular formula is C17H24N2O2. The molecule has 1 aliphatic heterocycles. The number of pyridine rings is 1. The largest absolute Gasteiger partial charge is 0.478 e. The Morgan fingerprint density at radius 3 is 2.81 bits per heavy atom. The van der Waals surface area contributed by atoms with Crippen molar-refractivity contribution in [1.82, 2.24) is 4.98 Å². The molecule has 21 heavy (non-hydrogen) atoms. The highest BCUT2D eigenvalue weighted by Crippen LogP contribution is 2.26. The molecule has 0 aromatic carbocycles. The molecule has 0 radical (unpaired) electrons. The average Bonchev–Trinajstić information content (AvgIpc) is 2.71. The fourth-order valence-electron chi connectivity index (χ4n) is 2.87. The van der Waals surface area contributed by atoms with Crippen LogP contribution in [0, 0.1) is 11.8 Å². The van der Waals surface area contributed by atoms with Gasteiger partial charge in [0.1, 0.15) is 5.82 Å². The second-order valence-electron chi connectivity index (χ2n) is 6.04. The first-order valence-corrected chi connectivity index (χ1v) is 7.68. The molecule has 1 saturated heterocycles. The number of rotatable bonds is 4. The molecule has 0 aliphatic carbocycles. The standard InChI is InChI=1S/C17H24N2O2/c1-13(2)15-4-3-10-19(11-9-15)16-7-5-14(12-18-16)6-8-17(20)21/h5-8,12-13,15H,3-4,9-11H2,1-2H3,(H,20,21)/b8-6+. The minimum absolute atomic E-state index is 0.751. The van der Waals surface area contributed by atoms with Crippen LogP contribution in [0.4, 0.5) is 5.82 Å². The van der Waals surface area contributed by atoms with Gasteiger partial charge in [-0.25, -0.2) is 9.78 Å². The average molecular weight is 288 g/mol. The first-order valence-electron chi connectivity index (χ1n) is 7.68. The number of anilines is 1. The Morgan fingerprint density at radius 2 is 2.19 bits per heavy atom. The first-order chi connectivity index (χ1) is 10.1. The van der Waals surface area contributed by atoms with E-state index in [1.165, 1.54) is 19.3 Å². The second kappa shape index (κ2) is 7.25. The lowest BCUT2D eigenvalue weighted by Crippen LogP contribution is -2.25. The summed E-state index contributed by atoms with van der Waals surface area (Å²) in [7, 11) is 0. The van der Waals surface area contributed by atoms with Crippen molar-refractivity contribution < 1.29 is 9.90 Å². The van der Waals surface area contributed by atoms with Crippen LogP contribution in [0.15, 0.2) is 24.4 Å². The van der Waals surface area contributed by atoms with E-state index in [1.54, 1.807) is 12.3 Å². The molecule has 0 spiro atoms. The van der Waals surface area contributed by atoms with Crippen LogP contribution in [-0.2, 0) is 4.79 Å². The van der Waals surface area contributed by atoms with Gasteiger partial charge < -0.3 is 10.0 Å². The van der Waals surface area contributed by atoms with Gasteiger partial charge in [-0.3, -0.25) is 0 Å². The second-order valence-corrected chi connectivity index (χ2v) is 6.04. The van der Waals surface area contributed by atoms with Crippen molar-refractivity contribution >= 4 is 17.9 Å². The fourth-order valence-corrected chi connectivity index (χ4v) is 2.87. The topological polar surface area (TPSA) is 53.4 Å². The van der Waals surface area contributed by atoms with E-state index in [9.17, 15) is 4.79 Å². The van der Waals surface area contributed by atoms with Gasteiger partial charge in [-0.2, -0.15) is 0 Å². The number of hydrogen-bond acceptors (Lipinski definition) is 3. The smallest absolute Gasteiger partial charge is 0.328 e. The van der Waals surface area contributed by atoms with Crippen molar-refractivity contribution in [3.8, 4) is 0 Å². The summed E-state index contributed by atoms with van der Waals surface area (Å²) < 4.78 is 0. The predicted octanol–water partition coefficient (Wildman–Crippen LogP) is 3.44. The summed E-state index contributed by atoms with van der Waals surface area (Å²) in [6.45, 7) is 6.73. The Morgan fingerprint density at radius 1 is 1.38 bits per heavy atom.